The van der Waals surface area contributed by atoms with Crippen molar-refractivity contribution in [3.8, 4) is 11.3 Å². The van der Waals surface area contributed by atoms with Crippen LogP contribution in [0.5, 0.6) is 0 Å². The first-order valence-corrected chi connectivity index (χ1v) is 9.02. The molecule has 9 heteroatoms. The van der Waals surface area contributed by atoms with Crippen molar-refractivity contribution in [3.05, 3.63) is 71.6 Å². The van der Waals surface area contributed by atoms with Crippen LogP contribution in [0.15, 0.2) is 49.1 Å². The van der Waals surface area contributed by atoms with Gasteiger partial charge in [-0.2, -0.15) is 5.10 Å². The van der Waals surface area contributed by atoms with Crippen LogP contribution in [0.3, 0.4) is 0 Å². The Balaban J connectivity index is 1.67. The smallest absolute Gasteiger partial charge is 0.280 e. The average Bonchev–Trinajstić information content (AvgIpc) is 3.37. The van der Waals surface area contributed by atoms with Crippen molar-refractivity contribution in [2.24, 2.45) is 0 Å². The summed E-state index contributed by atoms with van der Waals surface area (Å²) in [6.07, 6.45) is 2.30. The van der Waals surface area contributed by atoms with Gasteiger partial charge in [-0.05, 0) is 13.0 Å². The van der Waals surface area contributed by atoms with Crippen LogP contribution in [0.2, 0.25) is 0 Å². The minimum Gasteiger partial charge on any atom is -0.351 e. The molecule has 0 aliphatic rings. The van der Waals surface area contributed by atoms with Crippen molar-refractivity contribution >= 4 is 11.6 Å². The summed E-state index contributed by atoms with van der Waals surface area (Å²) in [5.41, 5.74) is 2.90. The van der Waals surface area contributed by atoms with Gasteiger partial charge in [0.05, 0.1) is 18.2 Å². The number of carbonyl (C=O) groups excluding carboxylic acids is 1. The minimum atomic E-state index is -2.76. The normalized spacial score (nSPS) is 11.3. The zero-order valence-corrected chi connectivity index (χ0v) is 15.6. The van der Waals surface area contributed by atoms with E-state index >= 15 is 0 Å². The standard InChI is InChI=1S/C20H18F2N6O/c1-12-2-4-13(5-3-12)16-8-17(18(21)22)28-19(27-16)15(10-26-28)20(29)24-7-6-14-9-23-11-25-14/h2-5,8-11,18H,6-7H2,1H3,(H,23,25)(H,24,29). The molecule has 7 nitrogen and oxygen atoms in total. The molecule has 0 unspecified atom stereocenters. The zero-order chi connectivity index (χ0) is 20.4. The molecule has 3 aromatic heterocycles. The number of nitrogens with zero attached hydrogens (tertiary/aromatic N) is 4. The second-order valence-corrected chi connectivity index (χ2v) is 6.61. The number of nitrogens with one attached hydrogen (secondary N) is 2. The van der Waals surface area contributed by atoms with Crippen LogP contribution in [-0.2, 0) is 6.42 Å². The summed E-state index contributed by atoms with van der Waals surface area (Å²) < 4.78 is 28.3. The molecule has 0 radical (unpaired) electrons. The van der Waals surface area contributed by atoms with Gasteiger partial charge in [-0.1, -0.05) is 29.8 Å². The van der Waals surface area contributed by atoms with Gasteiger partial charge in [0.1, 0.15) is 11.3 Å². The molecule has 29 heavy (non-hydrogen) atoms. The third-order valence-corrected chi connectivity index (χ3v) is 4.55. The van der Waals surface area contributed by atoms with Crippen molar-refractivity contribution in [1.29, 1.82) is 0 Å². The Labute approximate surface area is 164 Å². The van der Waals surface area contributed by atoms with E-state index in [1.54, 1.807) is 12.5 Å². The van der Waals surface area contributed by atoms with E-state index in [2.05, 4.69) is 25.4 Å². The number of aromatic nitrogens is 5. The highest BCUT2D eigenvalue weighted by Crippen LogP contribution is 2.27. The van der Waals surface area contributed by atoms with Crippen LogP contribution in [0.25, 0.3) is 16.9 Å². The number of benzene rings is 1. The largest absolute Gasteiger partial charge is 0.351 e. The number of rotatable bonds is 6. The van der Waals surface area contributed by atoms with Crippen molar-refractivity contribution < 1.29 is 13.6 Å². The van der Waals surface area contributed by atoms with E-state index < -0.39 is 12.3 Å². The predicted molar refractivity (Wildman–Crippen MR) is 103 cm³/mol. The van der Waals surface area contributed by atoms with E-state index in [-0.39, 0.29) is 16.9 Å². The fourth-order valence-electron chi connectivity index (χ4n) is 3.00. The van der Waals surface area contributed by atoms with E-state index in [0.717, 1.165) is 15.8 Å². The SMILES string of the molecule is Cc1ccc(-c2cc(C(F)F)n3ncc(C(=O)NCCc4cnc[nH]4)c3n2)cc1. The second-order valence-electron chi connectivity index (χ2n) is 6.61. The summed E-state index contributed by atoms with van der Waals surface area (Å²) in [6.45, 7) is 2.30. The first-order valence-electron chi connectivity index (χ1n) is 9.02. The monoisotopic (exact) mass is 396 g/mol. The highest BCUT2D eigenvalue weighted by Gasteiger charge is 2.21. The van der Waals surface area contributed by atoms with Gasteiger partial charge in [0, 0.05) is 30.4 Å². The fraction of sp³-hybridized carbons (Fsp3) is 0.200. The Morgan fingerprint density at radius 2 is 2.03 bits per heavy atom. The highest BCUT2D eigenvalue weighted by molar-refractivity contribution is 5.99. The van der Waals surface area contributed by atoms with Gasteiger partial charge < -0.3 is 10.3 Å². The van der Waals surface area contributed by atoms with E-state index in [9.17, 15) is 13.6 Å². The van der Waals surface area contributed by atoms with Crippen LogP contribution in [-0.4, -0.2) is 37.0 Å². The number of fused-ring (bicyclic) bond motifs is 1. The van der Waals surface area contributed by atoms with Gasteiger partial charge >= 0.3 is 0 Å². The van der Waals surface area contributed by atoms with Crippen molar-refractivity contribution in [1.82, 2.24) is 29.9 Å². The summed E-state index contributed by atoms with van der Waals surface area (Å²) in [7, 11) is 0. The first kappa shape index (κ1) is 18.7. The van der Waals surface area contributed by atoms with Crippen LogP contribution in [0, 0.1) is 6.92 Å². The molecule has 2 N–H and O–H groups in total. The van der Waals surface area contributed by atoms with E-state index in [4.69, 9.17) is 0 Å². The number of halogens is 2. The summed E-state index contributed by atoms with van der Waals surface area (Å²) in [5, 5.41) is 6.73. The molecule has 1 aromatic carbocycles. The van der Waals surface area contributed by atoms with Crippen LogP contribution >= 0.6 is 0 Å². The number of imidazole rings is 1. The molecular formula is C20H18F2N6O. The zero-order valence-electron chi connectivity index (χ0n) is 15.6. The van der Waals surface area contributed by atoms with Gasteiger partial charge in [-0.25, -0.2) is 23.3 Å². The fourth-order valence-corrected chi connectivity index (χ4v) is 3.00. The maximum atomic E-state index is 13.6. The summed E-state index contributed by atoms with van der Waals surface area (Å²) in [5.74, 6) is -0.423. The minimum absolute atomic E-state index is 0.0948. The molecule has 1 amide bonds. The number of H-pyrrole nitrogens is 1. The third kappa shape index (κ3) is 3.84. The van der Waals surface area contributed by atoms with Crippen LogP contribution in [0.4, 0.5) is 8.78 Å². The second kappa shape index (κ2) is 7.78. The van der Waals surface area contributed by atoms with Crippen molar-refractivity contribution in [3.63, 3.8) is 0 Å². The Bertz CT molecular complexity index is 1140. The number of amides is 1. The van der Waals surface area contributed by atoms with Crippen molar-refractivity contribution in [2.75, 3.05) is 6.54 Å². The molecule has 0 fully saturated rings. The topological polar surface area (TPSA) is 88.0 Å². The summed E-state index contributed by atoms with van der Waals surface area (Å²) in [6, 6.07) is 8.68. The molecule has 0 bridgehead atoms. The van der Waals surface area contributed by atoms with Gasteiger partial charge in [0.25, 0.3) is 12.3 Å². The number of hydrogen-bond acceptors (Lipinski definition) is 4. The van der Waals surface area contributed by atoms with Gasteiger partial charge in [0.2, 0.25) is 0 Å². The molecule has 4 rings (SSSR count). The Hall–Kier alpha value is -3.62. The summed E-state index contributed by atoms with van der Waals surface area (Å²) in [4.78, 5) is 23.9. The first-order chi connectivity index (χ1) is 14.0. The highest BCUT2D eigenvalue weighted by atomic mass is 19.3. The average molecular weight is 396 g/mol. The van der Waals surface area contributed by atoms with Crippen LogP contribution in [0.1, 0.15) is 33.7 Å². The molecule has 4 aromatic rings. The molecule has 0 aliphatic carbocycles. The Morgan fingerprint density at radius 1 is 1.24 bits per heavy atom. The lowest BCUT2D eigenvalue weighted by Gasteiger charge is -2.09. The van der Waals surface area contributed by atoms with Gasteiger partial charge in [-0.3, -0.25) is 4.79 Å². The van der Waals surface area contributed by atoms with Crippen LogP contribution < -0.4 is 5.32 Å². The number of aromatic amines is 1. The lowest BCUT2D eigenvalue weighted by molar-refractivity contribution is 0.0955. The maximum Gasteiger partial charge on any atom is 0.280 e. The van der Waals surface area contributed by atoms with Gasteiger partial charge in [-0.15, -0.1) is 0 Å². The summed E-state index contributed by atoms with van der Waals surface area (Å²) >= 11 is 0. The molecular weight excluding hydrogens is 378 g/mol. The number of hydrogen-bond donors (Lipinski definition) is 2. The predicted octanol–water partition coefficient (Wildman–Crippen LogP) is 3.34. The Morgan fingerprint density at radius 3 is 2.72 bits per heavy atom. The number of aryl methyl sites for hydroxylation is 1. The number of alkyl halides is 2. The lowest BCUT2D eigenvalue weighted by Crippen LogP contribution is -2.25. The van der Waals surface area contributed by atoms with E-state index in [0.29, 0.717) is 24.2 Å². The third-order valence-electron chi connectivity index (χ3n) is 4.55. The Kier molecular flexibility index (Phi) is 5.03. The van der Waals surface area contributed by atoms with E-state index in [1.165, 1.54) is 12.3 Å². The molecule has 0 saturated heterocycles. The maximum absolute atomic E-state index is 13.6. The lowest BCUT2D eigenvalue weighted by atomic mass is 10.1. The number of carbonyl (C=O) groups is 1. The van der Waals surface area contributed by atoms with Gasteiger partial charge in [0.15, 0.2) is 5.65 Å². The molecule has 0 atom stereocenters. The molecule has 0 aliphatic heterocycles. The quantitative estimate of drug-likeness (QED) is 0.523. The molecule has 148 valence electrons. The molecule has 0 spiro atoms. The van der Waals surface area contributed by atoms with Crippen molar-refractivity contribution in [2.45, 2.75) is 19.8 Å². The molecule has 3 heterocycles. The molecule has 0 saturated carbocycles. The van der Waals surface area contributed by atoms with E-state index in [1.807, 2.05) is 31.2 Å².